The number of carbonyl (C=O) groups is 1. The summed E-state index contributed by atoms with van der Waals surface area (Å²) in [6.07, 6.45) is 4.64. The molecule has 0 spiro atoms. The molecule has 3 rings (SSSR count). The lowest BCUT2D eigenvalue weighted by atomic mass is 10.0. The fraction of sp³-hybridized carbons (Fsp3) is 0.364. The number of ether oxygens (including phenoxy) is 3. The van der Waals surface area contributed by atoms with Crippen LogP contribution >= 0.6 is 0 Å². The minimum atomic E-state index is -0.244. The highest BCUT2D eigenvalue weighted by Gasteiger charge is 2.14. The number of carbonyl (C=O) groups excluding carboxylic acids is 1. The van der Waals surface area contributed by atoms with Crippen molar-refractivity contribution in [3.05, 3.63) is 53.6 Å². The average Bonchev–Trinajstić information content (AvgIpc) is 3.16. The molecule has 1 unspecified atom stereocenters. The molecular weight excluding hydrogens is 356 g/mol. The Labute approximate surface area is 165 Å². The molecule has 28 heavy (non-hydrogen) atoms. The van der Waals surface area contributed by atoms with E-state index in [9.17, 15) is 4.79 Å². The highest BCUT2D eigenvalue weighted by molar-refractivity contribution is 5.94. The topological polar surface area (TPSA) is 69.2 Å². The van der Waals surface area contributed by atoms with Gasteiger partial charge in [-0.2, -0.15) is 5.10 Å². The Morgan fingerprint density at radius 3 is 2.79 bits per heavy atom. The first-order valence-corrected chi connectivity index (χ1v) is 9.60. The van der Waals surface area contributed by atoms with Gasteiger partial charge in [0.2, 0.25) is 6.79 Å². The van der Waals surface area contributed by atoms with E-state index in [1.807, 2.05) is 25.1 Å². The molecule has 1 amide bonds. The van der Waals surface area contributed by atoms with Crippen molar-refractivity contribution < 1.29 is 19.0 Å². The normalized spacial score (nSPS) is 13.5. The smallest absolute Gasteiger partial charge is 0.271 e. The number of nitrogens with one attached hydrogen (secondary N) is 1. The van der Waals surface area contributed by atoms with Crippen molar-refractivity contribution in [1.82, 2.24) is 5.43 Å². The van der Waals surface area contributed by atoms with E-state index in [1.165, 1.54) is 0 Å². The van der Waals surface area contributed by atoms with Crippen LogP contribution in [0, 0.1) is 5.92 Å². The molecule has 1 aliphatic heterocycles. The van der Waals surface area contributed by atoms with E-state index in [0.717, 1.165) is 42.1 Å². The van der Waals surface area contributed by atoms with Gasteiger partial charge < -0.3 is 14.2 Å². The van der Waals surface area contributed by atoms with Crippen LogP contribution in [-0.4, -0.2) is 25.5 Å². The predicted octanol–water partition coefficient (Wildman–Crippen LogP) is 4.19. The second-order valence-electron chi connectivity index (χ2n) is 6.81. The van der Waals surface area contributed by atoms with Gasteiger partial charge in [-0.1, -0.05) is 26.3 Å². The molecular formula is C22H26N2O4. The number of rotatable bonds is 9. The summed E-state index contributed by atoms with van der Waals surface area (Å²) in [4.78, 5) is 12.2. The molecule has 0 bridgehead atoms. The first kappa shape index (κ1) is 19.7. The summed E-state index contributed by atoms with van der Waals surface area (Å²) in [6, 6.07) is 13.0. The molecule has 2 aromatic carbocycles. The summed E-state index contributed by atoms with van der Waals surface area (Å²) in [5, 5.41) is 4.09. The Bertz CT molecular complexity index is 818. The van der Waals surface area contributed by atoms with Crippen molar-refractivity contribution in [3.63, 3.8) is 0 Å². The fourth-order valence-electron chi connectivity index (χ4n) is 2.82. The lowest BCUT2D eigenvalue weighted by Crippen LogP contribution is -2.18. The first-order valence-electron chi connectivity index (χ1n) is 9.60. The number of hydrogen-bond acceptors (Lipinski definition) is 5. The van der Waals surface area contributed by atoms with Crippen LogP contribution in [0.4, 0.5) is 0 Å². The summed E-state index contributed by atoms with van der Waals surface area (Å²) in [7, 11) is 0. The molecule has 0 saturated heterocycles. The maximum absolute atomic E-state index is 12.2. The third-order valence-corrected chi connectivity index (χ3v) is 4.37. The van der Waals surface area contributed by atoms with Crippen LogP contribution in [-0.2, 0) is 6.42 Å². The van der Waals surface area contributed by atoms with Gasteiger partial charge in [-0.15, -0.1) is 0 Å². The third kappa shape index (κ3) is 5.49. The van der Waals surface area contributed by atoms with Crippen molar-refractivity contribution in [2.24, 2.45) is 11.0 Å². The van der Waals surface area contributed by atoms with Crippen molar-refractivity contribution in [2.45, 2.75) is 33.1 Å². The second-order valence-corrected chi connectivity index (χ2v) is 6.81. The van der Waals surface area contributed by atoms with Gasteiger partial charge in [0.15, 0.2) is 11.5 Å². The number of nitrogens with zero attached hydrogens (tertiary/aromatic N) is 1. The van der Waals surface area contributed by atoms with E-state index in [4.69, 9.17) is 14.2 Å². The molecule has 0 saturated carbocycles. The maximum Gasteiger partial charge on any atom is 0.271 e. The molecule has 2 aromatic rings. The number of unbranched alkanes of at least 4 members (excludes halogenated alkanes) is 1. The van der Waals surface area contributed by atoms with Crippen LogP contribution in [0.1, 0.15) is 42.6 Å². The average molecular weight is 382 g/mol. The van der Waals surface area contributed by atoms with Gasteiger partial charge in [0.1, 0.15) is 5.75 Å². The highest BCUT2D eigenvalue weighted by Crippen LogP contribution is 2.32. The van der Waals surface area contributed by atoms with Gasteiger partial charge in [-0.25, -0.2) is 5.43 Å². The summed E-state index contributed by atoms with van der Waals surface area (Å²) in [5.74, 6) is 2.24. The summed E-state index contributed by atoms with van der Waals surface area (Å²) < 4.78 is 16.3. The summed E-state index contributed by atoms with van der Waals surface area (Å²) >= 11 is 0. The number of benzene rings is 2. The van der Waals surface area contributed by atoms with E-state index in [0.29, 0.717) is 12.2 Å². The van der Waals surface area contributed by atoms with Gasteiger partial charge in [0, 0.05) is 11.8 Å². The van der Waals surface area contributed by atoms with E-state index in [-0.39, 0.29) is 18.6 Å². The van der Waals surface area contributed by atoms with Crippen molar-refractivity contribution >= 4 is 12.1 Å². The molecule has 1 N–H and O–H groups in total. The van der Waals surface area contributed by atoms with Gasteiger partial charge >= 0.3 is 0 Å². The van der Waals surface area contributed by atoms with Gasteiger partial charge in [-0.3, -0.25) is 4.79 Å². The minimum Gasteiger partial charge on any atom is -0.494 e. The Kier molecular flexibility index (Phi) is 6.89. The fourth-order valence-corrected chi connectivity index (χ4v) is 2.82. The summed E-state index contributed by atoms with van der Waals surface area (Å²) in [5.41, 5.74) is 4.25. The lowest BCUT2D eigenvalue weighted by molar-refractivity contribution is 0.0955. The Balaban J connectivity index is 1.46. The van der Waals surface area contributed by atoms with Crippen molar-refractivity contribution in [1.29, 1.82) is 0 Å². The standard InChI is InChI=1S/C22H26N2O4/c1-3-4-11-26-19-8-6-18(7-9-19)22(25)24-23-14-16(2)12-17-5-10-20-21(13-17)28-15-27-20/h5-10,13-14,16H,3-4,11-12,15H2,1-2H3,(H,24,25). The van der Waals surface area contributed by atoms with Gasteiger partial charge in [0.05, 0.1) is 6.61 Å². The molecule has 148 valence electrons. The minimum absolute atomic E-state index is 0.162. The van der Waals surface area contributed by atoms with Crippen molar-refractivity contribution in [2.75, 3.05) is 13.4 Å². The van der Waals surface area contributed by atoms with Crippen LogP contribution < -0.4 is 19.6 Å². The van der Waals surface area contributed by atoms with Crippen LogP contribution in [0.5, 0.6) is 17.2 Å². The molecule has 0 fully saturated rings. The molecule has 6 heteroatoms. The van der Waals surface area contributed by atoms with E-state index < -0.39 is 0 Å². The van der Waals surface area contributed by atoms with E-state index in [2.05, 4.69) is 17.5 Å². The quantitative estimate of drug-likeness (QED) is 0.401. The molecule has 1 atom stereocenters. The molecule has 0 aromatic heterocycles. The molecule has 6 nitrogen and oxygen atoms in total. The second kappa shape index (κ2) is 9.78. The maximum atomic E-state index is 12.2. The number of fused-ring (bicyclic) bond motifs is 1. The first-order chi connectivity index (χ1) is 13.7. The number of hydrogen-bond donors (Lipinski definition) is 1. The van der Waals surface area contributed by atoms with Crippen LogP contribution in [0.15, 0.2) is 47.6 Å². The number of amides is 1. The van der Waals surface area contributed by atoms with Crippen LogP contribution in [0.25, 0.3) is 0 Å². The zero-order valence-corrected chi connectivity index (χ0v) is 16.3. The lowest BCUT2D eigenvalue weighted by Gasteiger charge is -2.07. The van der Waals surface area contributed by atoms with E-state index >= 15 is 0 Å². The largest absolute Gasteiger partial charge is 0.494 e. The molecule has 0 radical (unpaired) electrons. The zero-order chi connectivity index (χ0) is 19.8. The van der Waals surface area contributed by atoms with Gasteiger partial charge in [-0.05, 0) is 60.7 Å². The Morgan fingerprint density at radius 1 is 1.21 bits per heavy atom. The van der Waals surface area contributed by atoms with E-state index in [1.54, 1.807) is 30.5 Å². The van der Waals surface area contributed by atoms with Crippen LogP contribution in [0.2, 0.25) is 0 Å². The van der Waals surface area contributed by atoms with Crippen LogP contribution in [0.3, 0.4) is 0 Å². The SMILES string of the molecule is CCCCOc1ccc(C(=O)NN=CC(C)Cc2ccc3c(c2)OCO3)cc1. The monoisotopic (exact) mass is 382 g/mol. The zero-order valence-electron chi connectivity index (χ0n) is 16.3. The Morgan fingerprint density at radius 2 is 2.00 bits per heavy atom. The molecule has 1 heterocycles. The van der Waals surface area contributed by atoms with Gasteiger partial charge in [0.25, 0.3) is 5.91 Å². The summed E-state index contributed by atoms with van der Waals surface area (Å²) in [6.45, 7) is 5.12. The van der Waals surface area contributed by atoms with Crippen molar-refractivity contribution in [3.8, 4) is 17.2 Å². The molecule has 1 aliphatic rings. The molecule has 0 aliphatic carbocycles. The highest BCUT2D eigenvalue weighted by atomic mass is 16.7. The number of hydrazone groups is 1. The Hall–Kier alpha value is -3.02. The predicted molar refractivity (Wildman–Crippen MR) is 108 cm³/mol. The third-order valence-electron chi connectivity index (χ3n) is 4.37.